The normalized spacial score (nSPS) is 10.7. The SMILES string of the molecule is Cc1nc(CSc2nncn2C)no1. The molecule has 0 aliphatic rings. The van der Waals surface area contributed by atoms with Gasteiger partial charge in [-0.1, -0.05) is 16.9 Å². The van der Waals surface area contributed by atoms with Crippen LogP contribution in [-0.2, 0) is 12.8 Å². The fourth-order valence-corrected chi connectivity index (χ4v) is 1.66. The van der Waals surface area contributed by atoms with Crippen LogP contribution in [0.4, 0.5) is 0 Å². The highest BCUT2D eigenvalue weighted by molar-refractivity contribution is 7.98. The molecular weight excluding hydrogens is 202 g/mol. The summed E-state index contributed by atoms with van der Waals surface area (Å²) in [7, 11) is 1.89. The number of aryl methyl sites for hydroxylation is 2. The minimum atomic E-state index is 0.582. The van der Waals surface area contributed by atoms with Crippen molar-refractivity contribution in [3.63, 3.8) is 0 Å². The molecule has 0 spiro atoms. The van der Waals surface area contributed by atoms with E-state index in [9.17, 15) is 0 Å². The summed E-state index contributed by atoms with van der Waals surface area (Å²) < 4.78 is 6.69. The summed E-state index contributed by atoms with van der Waals surface area (Å²) in [5, 5.41) is 12.3. The van der Waals surface area contributed by atoms with Gasteiger partial charge in [0, 0.05) is 14.0 Å². The van der Waals surface area contributed by atoms with Gasteiger partial charge in [0.15, 0.2) is 11.0 Å². The molecule has 0 aliphatic heterocycles. The lowest BCUT2D eigenvalue weighted by Gasteiger charge is -1.95. The highest BCUT2D eigenvalue weighted by Gasteiger charge is 2.06. The number of hydrogen-bond donors (Lipinski definition) is 0. The quantitative estimate of drug-likeness (QED) is 0.699. The largest absolute Gasteiger partial charge is 0.340 e. The van der Waals surface area contributed by atoms with E-state index < -0.39 is 0 Å². The maximum atomic E-state index is 4.85. The maximum Gasteiger partial charge on any atom is 0.223 e. The summed E-state index contributed by atoms with van der Waals surface area (Å²) in [5.41, 5.74) is 0. The fraction of sp³-hybridized carbons (Fsp3) is 0.429. The molecule has 0 bridgehead atoms. The van der Waals surface area contributed by atoms with Crippen LogP contribution in [0.15, 0.2) is 16.0 Å². The van der Waals surface area contributed by atoms with Gasteiger partial charge in [-0.15, -0.1) is 10.2 Å². The molecule has 2 heterocycles. The molecule has 0 atom stereocenters. The Labute approximate surface area is 84.7 Å². The highest BCUT2D eigenvalue weighted by atomic mass is 32.2. The van der Waals surface area contributed by atoms with Gasteiger partial charge in [0.05, 0.1) is 5.75 Å². The Morgan fingerprint density at radius 3 is 3.00 bits per heavy atom. The van der Waals surface area contributed by atoms with Crippen LogP contribution in [-0.4, -0.2) is 24.9 Å². The zero-order valence-electron chi connectivity index (χ0n) is 7.84. The first-order valence-corrected chi connectivity index (χ1v) is 5.00. The van der Waals surface area contributed by atoms with E-state index in [-0.39, 0.29) is 0 Å². The van der Waals surface area contributed by atoms with E-state index in [4.69, 9.17) is 4.52 Å². The molecule has 0 fully saturated rings. The first-order chi connectivity index (χ1) is 6.75. The zero-order valence-corrected chi connectivity index (χ0v) is 8.65. The Morgan fingerprint density at radius 1 is 1.57 bits per heavy atom. The van der Waals surface area contributed by atoms with Crippen molar-refractivity contribution >= 4 is 11.8 Å². The van der Waals surface area contributed by atoms with Crippen LogP contribution in [0.1, 0.15) is 11.7 Å². The van der Waals surface area contributed by atoms with E-state index in [0.29, 0.717) is 17.5 Å². The van der Waals surface area contributed by atoms with Crippen LogP contribution >= 0.6 is 11.8 Å². The lowest BCUT2D eigenvalue weighted by atomic mass is 10.7. The van der Waals surface area contributed by atoms with Gasteiger partial charge in [0.1, 0.15) is 6.33 Å². The number of aromatic nitrogens is 5. The zero-order chi connectivity index (χ0) is 9.97. The predicted octanol–water partition coefficient (Wildman–Crippen LogP) is 0.799. The minimum absolute atomic E-state index is 0.582. The van der Waals surface area contributed by atoms with Gasteiger partial charge in [-0.2, -0.15) is 4.98 Å². The summed E-state index contributed by atoms with van der Waals surface area (Å²) >= 11 is 1.52. The lowest BCUT2D eigenvalue weighted by Crippen LogP contribution is -1.90. The Morgan fingerprint density at radius 2 is 2.43 bits per heavy atom. The van der Waals surface area contributed by atoms with Gasteiger partial charge >= 0.3 is 0 Å². The molecule has 2 rings (SSSR count). The second kappa shape index (κ2) is 3.79. The van der Waals surface area contributed by atoms with Crippen LogP contribution in [0.3, 0.4) is 0 Å². The highest BCUT2D eigenvalue weighted by Crippen LogP contribution is 2.17. The molecular formula is C7H9N5OS. The van der Waals surface area contributed by atoms with Gasteiger partial charge in [0.2, 0.25) is 5.89 Å². The first-order valence-electron chi connectivity index (χ1n) is 4.01. The van der Waals surface area contributed by atoms with E-state index in [1.165, 1.54) is 11.8 Å². The molecule has 0 amide bonds. The molecule has 0 aromatic carbocycles. The van der Waals surface area contributed by atoms with E-state index >= 15 is 0 Å². The molecule has 2 aromatic rings. The molecule has 0 unspecified atom stereocenters. The Balaban J connectivity index is 1.98. The van der Waals surface area contributed by atoms with Gasteiger partial charge in [0.25, 0.3) is 0 Å². The average molecular weight is 211 g/mol. The Hall–Kier alpha value is -1.37. The molecule has 6 nitrogen and oxygen atoms in total. The summed E-state index contributed by atoms with van der Waals surface area (Å²) in [6.07, 6.45) is 1.66. The van der Waals surface area contributed by atoms with Crippen molar-refractivity contribution in [1.29, 1.82) is 0 Å². The molecule has 0 saturated carbocycles. The second-order valence-corrected chi connectivity index (χ2v) is 3.69. The number of nitrogens with zero attached hydrogens (tertiary/aromatic N) is 5. The Bertz CT molecular complexity index is 423. The number of hydrogen-bond acceptors (Lipinski definition) is 6. The minimum Gasteiger partial charge on any atom is -0.340 e. The molecule has 2 aromatic heterocycles. The third-order valence-corrected chi connectivity index (χ3v) is 2.60. The van der Waals surface area contributed by atoms with Crippen LogP contribution in [0.25, 0.3) is 0 Å². The van der Waals surface area contributed by atoms with Gasteiger partial charge < -0.3 is 9.09 Å². The van der Waals surface area contributed by atoms with Crippen LogP contribution in [0, 0.1) is 6.92 Å². The maximum absolute atomic E-state index is 4.85. The van der Waals surface area contributed by atoms with E-state index in [0.717, 1.165) is 5.16 Å². The van der Waals surface area contributed by atoms with Crippen molar-refractivity contribution in [2.45, 2.75) is 17.8 Å². The molecule has 14 heavy (non-hydrogen) atoms. The van der Waals surface area contributed by atoms with Gasteiger partial charge in [-0.25, -0.2) is 0 Å². The van der Waals surface area contributed by atoms with E-state index in [1.54, 1.807) is 13.3 Å². The van der Waals surface area contributed by atoms with E-state index in [1.807, 2.05) is 11.6 Å². The number of thioether (sulfide) groups is 1. The summed E-state index contributed by atoms with van der Waals surface area (Å²) in [6.45, 7) is 1.77. The molecule has 0 radical (unpaired) electrons. The van der Waals surface area contributed by atoms with Crippen molar-refractivity contribution in [3.8, 4) is 0 Å². The standard InChI is InChI=1S/C7H9N5OS/c1-5-9-6(11-13-5)3-14-7-10-8-4-12(7)2/h4H,3H2,1-2H3. The van der Waals surface area contributed by atoms with Crippen LogP contribution in [0.5, 0.6) is 0 Å². The van der Waals surface area contributed by atoms with Gasteiger partial charge in [-0.3, -0.25) is 0 Å². The fourth-order valence-electron chi connectivity index (χ4n) is 0.932. The molecule has 0 aliphatic carbocycles. The third-order valence-electron chi connectivity index (χ3n) is 1.57. The predicted molar refractivity (Wildman–Crippen MR) is 49.6 cm³/mol. The van der Waals surface area contributed by atoms with Crippen molar-refractivity contribution < 1.29 is 4.52 Å². The molecule has 7 heteroatoms. The average Bonchev–Trinajstić information content (AvgIpc) is 2.72. The van der Waals surface area contributed by atoms with Crippen LogP contribution < -0.4 is 0 Å². The Kier molecular flexibility index (Phi) is 2.49. The number of rotatable bonds is 3. The lowest BCUT2D eigenvalue weighted by molar-refractivity contribution is 0.389. The van der Waals surface area contributed by atoms with Crippen molar-refractivity contribution in [2.24, 2.45) is 7.05 Å². The molecule has 0 saturated heterocycles. The molecule has 74 valence electrons. The monoisotopic (exact) mass is 211 g/mol. The van der Waals surface area contributed by atoms with Crippen molar-refractivity contribution in [1.82, 2.24) is 24.9 Å². The van der Waals surface area contributed by atoms with E-state index in [2.05, 4.69) is 20.3 Å². The summed E-state index contributed by atoms with van der Waals surface area (Å²) in [6, 6.07) is 0. The summed E-state index contributed by atoms with van der Waals surface area (Å²) in [5.74, 6) is 1.90. The first kappa shape index (κ1) is 9.20. The second-order valence-electron chi connectivity index (χ2n) is 2.74. The smallest absolute Gasteiger partial charge is 0.223 e. The van der Waals surface area contributed by atoms with Crippen molar-refractivity contribution in [3.05, 3.63) is 18.0 Å². The third kappa shape index (κ3) is 1.92. The van der Waals surface area contributed by atoms with Crippen molar-refractivity contribution in [2.75, 3.05) is 0 Å². The van der Waals surface area contributed by atoms with Gasteiger partial charge in [-0.05, 0) is 0 Å². The summed E-state index contributed by atoms with van der Waals surface area (Å²) in [4.78, 5) is 4.08. The van der Waals surface area contributed by atoms with Crippen LogP contribution in [0.2, 0.25) is 0 Å². The topological polar surface area (TPSA) is 69.6 Å². The molecule has 0 N–H and O–H groups in total.